The van der Waals surface area contributed by atoms with Crippen LogP contribution in [0.3, 0.4) is 0 Å². The molecule has 7 heteroatoms. The Hall–Kier alpha value is -2.44. The summed E-state index contributed by atoms with van der Waals surface area (Å²) < 4.78 is 18.9. The Morgan fingerprint density at radius 2 is 2.38 bits per heavy atom. The van der Waals surface area contributed by atoms with Gasteiger partial charge in [-0.05, 0) is 24.1 Å². The summed E-state index contributed by atoms with van der Waals surface area (Å²) in [6, 6.07) is 3.55. The van der Waals surface area contributed by atoms with Gasteiger partial charge in [-0.25, -0.2) is 14.4 Å². The summed E-state index contributed by atoms with van der Waals surface area (Å²) in [5, 5.41) is 0. The second-order valence-electron chi connectivity index (χ2n) is 6.11. The average molecular weight is 332 g/mol. The lowest BCUT2D eigenvalue weighted by Gasteiger charge is -2.29. The molecule has 0 spiro atoms. The molecule has 1 aliphatic heterocycles. The van der Waals surface area contributed by atoms with Crippen LogP contribution in [0.4, 0.5) is 10.2 Å². The Kier molecular flexibility index (Phi) is 5.08. The molecule has 0 unspecified atom stereocenters. The summed E-state index contributed by atoms with van der Waals surface area (Å²) in [7, 11) is 1.77. The number of amides is 1. The highest BCUT2D eigenvalue weighted by atomic mass is 19.1. The molecular weight excluding hydrogens is 311 g/mol. The molecule has 1 fully saturated rings. The van der Waals surface area contributed by atoms with E-state index in [1.54, 1.807) is 36.7 Å². The predicted molar refractivity (Wildman–Crippen MR) is 87.3 cm³/mol. The molecule has 0 bridgehead atoms. The van der Waals surface area contributed by atoms with Crippen molar-refractivity contribution in [2.24, 2.45) is 0 Å². The molecule has 1 aliphatic rings. The summed E-state index contributed by atoms with van der Waals surface area (Å²) in [4.78, 5) is 24.0. The minimum absolute atomic E-state index is 0.0427. The van der Waals surface area contributed by atoms with E-state index >= 15 is 0 Å². The molecule has 3 heterocycles. The van der Waals surface area contributed by atoms with Gasteiger partial charge in [0.2, 0.25) is 5.91 Å². The van der Waals surface area contributed by atoms with Gasteiger partial charge in [-0.15, -0.1) is 0 Å². The maximum absolute atomic E-state index is 13.9. The monoisotopic (exact) mass is 332 g/mol. The summed E-state index contributed by atoms with van der Waals surface area (Å²) in [5.41, 5.74) is 1.00. The second kappa shape index (κ2) is 7.42. The van der Waals surface area contributed by atoms with Crippen LogP contribution in [0.25, 0.3) is 0 Å². The Bertz CT molecular complexity index is 650. The highest BCUT2D eigenvalue weighted by Gasteiger charge is 2.34. The SMILES string of the molecule is CN(C[C@@H]1C[C@H](F)CN1c1ccncn1)C(=O)CCc1ccoc1. The van der Waals surface area contributed by atoms with Gasteiger partial charge >= 0.3 is 0 Å². The largest absolute Gasteiger partial charge is 0.472 e. The van der Waals surface area contributed by atoms with E-state index in [9.17, 15) is 9.18 Å². The lowest BCUT2D eigenvalue weighted by molar-refractivity contribution is -0.130. The molecule has 0 radical (unpaired) electrons. The number of carbonyl (C=O) groups excluding carboxylic acids is 1. The fraction of sp³-hybridized carbons (Fsp3) is 0.471. The molecule has 6 nitrogen and oxygen atoms in total. The van der Waals surface area contributed by atoms with Gasteiger partial charge in [0.1, 0.15) is 18.3 Å². The van der Waals surface area contributed by atoms with E-state index in [1.165, 1.54) is 6.33 Å². The third-order valence-corrected chi connectivity index (χ3v) is 4.34. The Morgan fingerprint density at radius 3 is 3.08 bits per heavy atom. The highest BCUT2D eigenvalue weighted by molar-refractivity contribution is 5.76. The smallest absolute Gasteiger partial charge is 0.222 e. The van der Waals surface area contributed by atoms with E-state index in [0.717, 1.165) is 5.56 Å². The van der Waals surface area contributed by atoms with E-state index in [4.69, 9.17) is 4.42 Å². The van der Waals surface area contributed by atoms with Crippen LogP contribution < -0.4 is 4.90 Å². The maximum atomic E-state index is 13.9. The number of aryl methyl sites for hydroxylation is 1. The number of alkyl halides is 1. The van der Waals surface area contributed by atoms with Gasteiger partial charge in [0, 0.05) is 32.6 Å². The Labute approximate surface area is 140 Å². The number of anilines is 1. The minimum Gasteiger partial charge on any atom is -0.472 e. The third-order valence-electron chi connectivity index (χ3n) is 4.34. The number of carbonyl (C=O) groups is 1. The zero-order valence-electron chi connectivity index (χ0n) is 13.6. The number of nitrogens with zero attached hydrogens (tertiary/aromatic N) is 4. The first-order valence-electron chi connectivity index (χ1n) is 8.05. The lowest BCUT2D eigenvalue weighted by atomic mass is 10.1. The summed E-state index contributed by atoms with van der Waals surface area (Å²) >= 11 is 0. The molecule has 0 saturated carbocycles. The second-order valence-corrected chi connectivity index (χ2v) is 6.11. The number of likely N-dealkylation sites (N-methyl/N-ethyl adjacent to an activating group) is 1. The van der Waals surface area contributed by atoms with E-state index in [-0.39, 0.29) is 11.9 Å². The van der Waals surface area contributed by atoms with Crippen LogP contribution in [0.2, 0.25) is 0 Å². The molecule has 0 aliphatic carbocycles. The zero-order valence-corrected chi connectivity index (χ0v) is 13.6. The zero-order chi connectivity index (χ0) is 16.9. The standard InChI is InChI=1S/C17H21FN4O2/c1-21(17(23)3-2-13-5-7-24-11-13)10-15-8-14(18)9-22(15)16-4-6-19-12-20-16/h4-7,11-12,14-15H,2-3,8-10H2,1H3/t14-,15-/m0/s1. The highest BCUT2D eigenvalue weighted by Crippen LogP contribution is 2.26. The Morgan fingerprint density at radius 1 is 1.50 bits per heavy atom. The van der Waals surface area contributed by atoms with Gasteiger partial charge in [-0.2, -0.15) is 0 Å². The van der Waals surface area contributed by atoms with Crippen LogP contribution in [0.1, 0.15) is 18.4 Å². The first-order chi connectivity index (χ1) is 11.6. The van der Waals surface area contributed by atoms with E-state index < -0.39 is 6.17 Å². The molecule has 1 amide bonds. The molecule has 2 aromatic heterocycles. The van der Waals surface area contributed by atoms with Crippen molar-refractivity contribution in [3.05, 3.63) is 42.7 Å². The van der Waals surface area contributed by atoms with Crippen molar-refractivity contribution in [2.45, 2.75) is 31.5 Å². The van der Waals surface area contributed by atoms with Crippen molar-refractivity contribution < 1.29 is 13.6 Å². The molecular formula is C17H21FN4O2. The molecule has 24 heavy (non-hydrogen) atoms. The van der Waals surface area contributed by atoms with Gasteiger partial charge in [0.25, 0.3) is 0 Å². The van der Waals surface area contributed by atoms with Gasteiger partial charge in [0.05, 0.1) is 25.1 Å². The number of hydrogen-bond donors (Lipinski definition) is 0. The summed E-state index contributed by atoms with van der Waals surface area (Å²) in [6.07, 6.45) is 6.91. The van der Waals surface area contributed by atoms with Crippen molar-refractivity contribution >= 4 is 11.7 Å². The normalized spacial score (nSPS) is 20.3. The Balaban J connectivity index is 1.57. The third kappa shape index (κ3) is 3.90. The van der Waals surface area contributed by atoms with Crippen LogP contribution in [0.5, 0.6) is 0 Å². The fourth-order valence-electron chi connectivity index (χ4n) is 3.06. The first-order valence-corrected chi connectivity index (χ1v) is 8.05. The molecule has 3 rings (SSSR count). The molecule has 0 N–H and O–H groups in total. The first kappa shape index (κ1) is 16.4. The van der Waals surface area contributed by atoms with Crippen molar-refractivity contribution in [1.29, 1.82) is 0 Å². The van der Waals surface area contributed by atoms with Crippen molar-refractivity contribution in [1.82, 2.24) is 14.9 Å². The van der Waals surface area contributed by atoms with Crippen molar-refractivity contribution in [3.8, 4) is 0 Å². The van der Waals surface area contributed by atoms with Crippen LogP contribution in [0.15, 0.2) is 41.6 Å². The minimum atomic E-state index is -0.903. The lowest BCUT2D eigenvalue weighted by Crippen LogP contribution is -2.41. The van der Waals surface area contributed by atoms with Gasteiger partial charge < -0.3 is 14.2 Å². The number of rotatable bonds is 6. The topological polar surface area (TPSA) is 62.5 Å². The molecule has 128 valence electrons. The summed E-state index contributed by atoms with van der Waals surface area (Å²) in [5.74, 6) is 0.746. The quantitative estimate of drug-likeness (QED) is 0.810. The van der Waals surface area contributed by atoms with Crippen molar-refractivity contribution in [3.63, 3.8) is 0 Å². The van der Waals surface area contributed by atoms with Crippen LogP contribution >= 0.6 is 0 Å². The fourth-order valence-corrected chi connectivity index (χ4v) is 3.06. The van der Waals surface area contributed by atoms with Crippen LogP contribution in [-0.2, 0) is 11.2 Å². The molecule has 2 atom stereocenters. The number of halogens is 1. The number of furan rings is 1. The summed E-state index contributed by atoms with van der Waals surface area (Å²) in [6.45, 7) is 0.785. The molecule has 1 saturated heterocycles. The van der Waals surface area contributed by atoms with Gasteiger partial charge in [0.15, 0.2) is 0 Å². The predicted octanol–water partition coefficient (Wildman–Crippen LogP) is 2.08. The maximum Gasteiger partial charge on any atom is 0.222 e. The van der Waals surface area contributed by atoms with Gasteiger partial charge in [-0.1, -0.05) is 0 Å². The van der Waals surface area contributed by atoms with E-state index in [1.807, 2.05) is 11.0 Å². The average Bonchev–Trinajstić information content (AvgIpc) is 3.23. The van der Waals surface area contributed by atoms with E-state index in [2.05, 4.69) is 9.97 Å². The number of aromatic nitrogens is 2. The van der Waals surface area contributed by atoms with Crippen molar-refractivity contribution in [2.75, 3.05) is 25.0 Å². The molecule has 0 aromatic carbocycles. The van der Waals surface area contributed by atoms with Gasteiger partial charge in [-0.3, -0.25) is 4.79 Å². The van der Waals surface area contributed by atoms with E-state index in [0.29, 0.717) is 38.2 Å². The van der Waals surface area contributed by atoms with Crippen LogP contribution in [-0.4, -0.2) is 53.1 Å². The number of hydrogen-bond acceptors (Lipinski definition) is 5. The van der Waals surface area contributed by atoms with Crippen LogP contribution in [0, 0.1) is 0 Å². The molecule has 2 aromatic rings.